The SMILES string of the molecule is O=C1Cc2c(OCc3ccccc3)cc(OCc3ccccc3)c(Br)c2O[C@@H]1c1ccc(OCc2ccccc2)c(OCc2ccccc2)c1. The Labute approximate surface area is 300 Å². The van der Waals surface area contributed by atoms with Gasteiger partial charge in [-0.25, -0.2) is 0 Å². The molecule has 250 valence electrons. The molecule has 1 aliphatic rings. The van der Waals surface area contributed by atoms with E-state index in [0.29, 0.717) is 70.8 Å². The van der Waals surface area contributed by atoms with Gasteiger partial charge in [0.1, 0.15) is 48.1 Å². The third-order valence-corrected chi connectivity index (χ3v) is 9.10. The van der Waals surface area contributed by atoms with Crippen molar-refractivity contribution in [1.82, 2.24) is 0 Å². The minimum absolute atomic E-state index is 0.0983. The third kappa shape index (κ3) is 8.01. The predicted molar refractivity (Wildman–Crippen MR) is 196 cm³/mol. The van der Waals surface area contributed by atoms with Crippen molar-refractivity contribution >= 4 is 21.7 Å². The number of ketones is 1. The molecule has 50 heavy (non-hydrogen) atoms. The zero-order chi connectivity index (χ0) is 34.1. The standard InChI is InChI=1S/C43H35BrO6/c44-41-40(49-29-33-19-11-4-12-20-33)25-38(47-27-31-15-7-2-8-16-31)35-24-36(45)42(50-43(35)41)34-21-22-37(46-26-30-13-5-1-6-14-30)39(23-34)48-28-32-17-9-3-10-18-32/h1-23,25,42H,24,26-29H2/t42-/m1/s1. The van der Waals surface area contributed by atoms with Gasteiger partial charge < -0.3 is 23.7 Å². The van der Waals surface area contributed by atoms with Crippen LogP contribution in [0.4, 0.5) is 0 Å². The van der Waals surface area contributed by atoms with Gasteiger partial charge in [-0.2, -0.15) is 0 Å². The Kier molecular flexibility index (Phi) is 10.4. The first-order valence-electron chi connectivity index (χ1n) is 16.5. The predicted octanol–water partition coefficient (Wildman–Crippen LogP) is 10.0. The summed E-state index contributed by atoms with van der Waals surface area (Å²) in [5.74, 6) is 2.61. The van der Waals surface area contributed by atoms with E-state index in [4.69, 9.17) is 23.7 Å². The van der Waals surface area contributed by atoms with Crippen LogP contribution in [0.5, 0.6) is 28.7 Å². The molecular formula is C43H35BrO6. The lowest BCUT2D eigenvalue weighted by Gasteiger charge is -2.29. The molecule has 1 atom stereocenters. The first kappa shape index (κ1) is 33.0. The maximum atomic E-state index is 13.9. The minimum Gasteiger partial charge on any atom is -0.488 e. The maximum absolute atomic E-state index is 13.9. The Morgan fingerprint density at radius 1 is 0.520 bits per heavy atom. The summed E-state index contributed by atoms with van der Waals surface area (Å²) in [5, 5.41) is 0. The van der Waals surface area contributed by atoms with Crippen molar-refractivity contribution in [2.24, 2.45) is 0 Å². The summed E-state index contributed by atoms with van der Waals surface area (Å²) in [6.07, 6.45) is -0.763. The summed E-state index contributed by atoms with van der Waals surface area (Å²) in [4.78, 5) is 13.9. The number of fused-ring (bicyclic) bond motifs is 1. The van der Waals surface area contributed by atoms with Crippen LogP contribution in [0.1, 0.15) is 39.5 Å². The van der Waals surface area contributed by atoms with E-state index in [1.54, 1.807) is 0 Å². The summed E-state index contributed by atoms with van der Waals surface area (Å²) in [5.41, 5.74) is 5.41. The topological polar surface area (TPSA) is 63.2 Å². The van der Waals surface area contributed by atoms with Crippen LogP contribution >= 0.6 is 15.9 Å². The molecule has 0 bridgehead atoms. The van der Waals surface area contributed by atoms with Crippen LogP contribution in [0.3, 0.4) is 0 Å². The van der Waals surface area contributed by atoms with E-state index in [0.717, 1.165) is 22.3 Å². The lowest BCUT2D eigenvalue weighted by Crippen LogP contribution is -2.27. The number of rotatable bonds is 13. The van der Waals surface area contributed by atoms with Crippen LogP contribution in [-0.4, -0.2) is 5.78 Å². The Morgan fingerprint density at radius 2 is 0.960 bits per heavy atom. The molecule has 0 saturated carbocycles. The molecule has 1 heterocycles. The summed E-state index contributed by atoms with van der Waals surface area (Å²) < 4.78 is 32.4. The van der Waals surface area contributed by atoms with Gasteiger partial charge in [-0.05, 0) is 50.3 Å². The van der Waals surface area contributed by atoms with Crippen LogP contribution in [-0.2, 0) is 37.6 Å². The molecule has 6 aromatic carbocycles. The second-order valence-electron chi connectivity index (χ2n) is 11.9. The smallest absolute Gasteiger partial charge is 0.182 e. The largest absolute Gasteiger partial charge is 0.488 e. The van der Waals surface area contributed by atoms with Crippen molar-refractivity contribution in [3.05, 3.63) is 183 Å². The quantitative estimate of drug-likeness (QED) is 0.118. The number of ether oxygens (including phenoxy) is 5. The normalized spacial score (nSPS) is 13.5. The highest BCUT2D eigenvalue weighted by Gasteiger charge is 2.35. The van der Waals surface area contributed by atoms with Gasteiger partial charge >= 0.3 is 0 Å². The lowest BCUT2D eigenvalue weighted by atomic mass is 9.95. The zero-order valence-corrected chi connectivity index (χ0v) is 28.9. The first-order valence-corrected chi connectivity index (χ1v) is 17.3. The molecule has 0 amide bonds. The molecule has 0 spiro atoms. The zero-order valence-electron chi connectivity index (χ0n) is 27.3. The summed E-state index contributed by atoms with van der Waals surface area (Å²) in [7, 11) is 0. The highest BCUT2D eigenvalue weighted by Crippen LogP contribution is 2.48. The number of benzene rings is 6. The van der Waals surface area contributed by atoms with Crippen LogP contribution in [0.2, 0.25) is 0 Å². The fraction of sp³-hybridized carbons (Fsp3) is 0.140. The average molecular weight is 728 g/mol. The Hall–Kier alpha value is -5.53. The van der Waals surface area contributed by atoms with Crippen molar-refractivity contribution in [3.8, 4) is 28.7 Å². The minimum atomic E-state index is -0.882. The van der Waals surface area contributed by atoms with Crippen LogP contribution in [0, 0.1) is 0 Å². The molecule has 0 N–H and O–H groups in total. The highest BCUT2D eigenvalue weighted by atomic mass is 79.9. The van der Waals surface area contributed by atoms with E-state index >= 15 is 0 Å². The second-order valence-corrected chi connectivity index (χ2v) is 12.7. The molecule has 7 rings (SSSR count). The van der Waals surface area contributed by atoms with Gasteiger partial charge in [-0.3, -0.25) is 4.79 Å². The molecule has 6 nitrogen and oxygen atoms in total. The molecule has 0 aromatic heterocycles. The van der Waals surface area contributed by atoms with Crippen molar-refractivity contribution < 1.29 is 28.5 Å². The number of Topliss-reactive ketones (excluding diaryl/α,β-unsaturated/α-hetero) is 1. The fourth-order valence-corrected chi connectivity index (χ4v) is 6.28. The molecular weight excluding hydrogens is 692 g/mol. The number of carbonyl (C=O) groups is 1. The van der Waals surface area contributed by atoms with E-state index in [9.17, 15) is 4.79 Å². The van der Waals surface area contributed by atoms with E-state index in [1.807, 2.05) is 146 Å². The molecule has 6 aromatic rings. The lowest BCUT2D eigenvalue weighted by molar-refractivity contribution is -0.126. The molecule has 1 aliphatic heterocycles. The Morgan fingerprint density at radius 3 is 1.46 bits per heavy atom. The van der Waals surface area contributed by atoms with Gasteiger partial charge in [0.25, 0.3) is 0 Å². The Balaban J connectivity index is 1.19. The number of hydrogen-bond donors (Lipinski definition) is 0. The van der Waals surface area contributed by atoms with Crippen molar-refractivity contribution in [2.45, 2.75) is 39.0 Å². The van der Waals surface area contributed by atoms with Gasteiger partial charge in [0, 0.05) is 23.6 Å². The van der Waals surface area contributed by atoms with E-state index in [1.165, 1.54) is 0 Å². The van der Waals surface area contributed by atoms with Crippen molar-refractivity contribution in [1.29, 1.82) is 0 Å². The number of halogens is 1. The van der Waals surface area contributed by atoms with Gasteiger partial charge in [0.15, 0.2) is 23.4 Å². The monoisotopic (exact) mass is 726 g/mol. The molecule has 0 saturated heterocycles. The number of hydrogen-bond acceptors (Lipinski definition) is 6. The van der Waals surface area contributed by atoms with E-state index < -0.39 is 6.10 Å². The van der Waals surface area contributed by atoms with Crippen LogP contribution in [0.25, 0.3) is 0 Å². The molecule has 0 fully saturated rings. The third-order valence-electron chi connectivity index (χ3n) is 8.35. The van der Waals surface area contributed by atoms with Gasteiger partial charge in [-0.15, -0.1) is 0 Å². The summed E-state index contributed by atoms with van der Waals surface area (Å²) >= 11 is 3.75. The van der Waals surface area contributed by atoms with E-state index in [2.05, 4.69) is 15.9 Å². The van der Waals surface area contributed by atoms with E-state index in [-0.39, 0.29) is 12.2 Å². The van der Waals surface area contributed by atoms with Crippen molar-refractivity contribution in [3.63, 3.8) is 0 Å². The molecule has 0 radical (unpaired) electrons. The second kappa shape index (κ2) is 15.8. The molecule has 0 unspecified atom stereocenters. The van der Waals surface area contributed by atoms with Gasteiger partial charge in [0.2, 0.25) is 0 Å². The van der Waals surface area contributed by atoms with Gasteiger partial charge in [-0.1, -0.05) is 127 Å². The summed E-state index contributed by atoms with van der Waals surface area (Å²) in [6, 6.07) is 47.1. The molecule has 0 aliphatic carbocycles. The summed E-state index contributed by atoms with van der Waals surface area (Å²) in [6.45, 7) is 1.39. The maximum Gasteiger partial charge on any atom is 0.182 e. The van der Waals surface area contributed by atoms with Crippen LogP contribution < -0.4 is 23.7 Å². The average Bonchev–Trinajstić information content (AvgIpc) is 3.17. The van der Waals surface area contributed by atoms with Gasteiger partial charge in [0.05, 0.1) is 0 Å². The fourth-order valence-electron chi connectivity index (χ4n) is 5.72. The highest BCUT2D eigenvalue weighted by molar-refractivity contribution is 9.10. The first-order chi connectivity index (χ1) is 24.6. The number of carbonyl (C=O) groups excluding carboxylic acids is 1. The van der Waals surface area contributed by atoms with Crippen LogP contribution in [0.15, 0.2) is 150 Å². The molecule has 7 heteroatoms. The Bertz CT molecular complexity index is 2040. The van der Waals surface area contributed by atoms with Crippen molar-refractivity contribution in [2.75, 3.05) is 0 Å².